The van der Waals surface area contributed by atoms with Gasteiger partial charge in [-0.3, -0.25) is 4.79 Å². The molecule has 7 heteroatoms. The number of nitriles is 1. The molecule has 0 saturated heterocycles. The van der Waals surface area contributed by atoms with E-state index in [-0.39, 0.29) is 5.57 Å². The molecule has 2 rings (SSSR count). The lowest BCUT2D eigenvalue weighted by Gasteiger charge is -2.14. The van der Waals surface area contributed by atoms with Crippen molar-refractivity contribution in [1.29, 1.82) is 5.26 Å². The number of anilines is 1. The Morgan fingerprint density at radius 1 is 1.36 bits per heavy atom. The molecule has 5 nitrogen and oxygen atoms in total. The predicted molar refractivity (Wildman–Crippen MR) is 115 cm³/mol. The monoisotopic (exact) mass is 460 g/mol. The smallest absolute Gasteiger partial charge is 0.266 e. The predicted octanol–water partition coefficient (Wildman–Crippen LogP) is 5.61. The van der Waals surface area contributed by atoms with Gasteiger partial charge < -0.3 is 14.8 Å². The van der Waals surface area contributed by atoms with Crippen molar-refractivity contribution in [2.75, 3.05) is 18.5 Å². The van der Waals surface area contributed by atoms with Gasteiger partial charge in [0.15, 0.2) is 11.5 Å². The molecule has 0 heterocycles. The van der Waals surface area contributed by atoms with E-state index in [0.29, 0.717) is 45.5 Å². The van der Waals surface area contributed by atoms with Crippen molar-refractivity contribution in [3.63, 3.8) is 0 Å². The summed E-state index contributed by atoms with van der Waals surface area (Å²) < 4.78 is 11.9. The van der Waals surface area contributed by atoms with Crippen molar-refractivity contribution < 1.29 is 14.3 Å². The Morgan fingerprint density at radius 3 is 2.79 bits per heavy atom. The molecule has 0 bridgehead atoms. The van der Waals surface area contributed by atoms with Crippen LogP contribution in [0.15, 0.2) is 59.1 Å². The average molecular weight is 462 g/mol. The molecule has 0 spiro atoms. The first-order valence-corrected chi connectivity index (χ1v) is 9.54. The van der Waals surface area contributed by atoms with Crippen LogP contribution >= 0.6 is 27.5 Å². The number of hydrogen-bond donors (Lipinski definition) is 1. The molecule has 2 aromatic carbocycles. The topological polar surface area (TPSA) is 71.3 Å². The maximum absolute atomic E-state index is 12.4. The van der Waals surface area contributed by atoms with Gasteiger partial charge in [0.2, 0.25) is 0 Å². The number of benzene rings is 2. The lowest BCUT2D eigenvalue weighted by molar-refractivity contribution is -0.112. The van der Waals surface area contributed by atoms with E-state index >= 15 is 0 Å². The van der Waals surface area contributed by atoms with Gasteiger partial charge in [-0.1, -0.05) is 30.3 Å². The molecule has 2 aromatic rings. The highest BCUT2D eigenvalue weighted by molar-refractivity contribution is 9.10. The third kappa shape index (κ3) is 5.88. The van der Waals surface area contributed by atoms with E-state index in [0.717, 1.165) is 0 Å². The highest BCUT2D eigenvalue weighted by Gasteiger charge is 2.14. The normalized spacial score (nSPS) is 10.7. The van der Waals surface area contributed by atoms with E-state index in [1.807, 2.05) is 13.0 Å². The number of nitrogens with zero attached hydrogens (tertiary/aromatic N) is 1. The molecule has 0 saturated carbocycles. The second-order valence-corrected chi connectivity index (χ2v) is 6.79. The minimum Gasteiger partial charge on any atom is -0.490 e. The summed E-state index contributed by atoms with van der Waals surface area (Å²) in [4.78, 5) is 12.4. The van der Waals surface area contributed by atoms with E-state index in [1.54, 1.807) is 42.5 Å². The molecule has 0 aromatic heterocycles. The van der Waals surface area contributed by atoms with Crippen molar-refractivity contribution in [3.05, 3.63) is 69.7 Å². The van der Waals surface area contributed by atoms with Gasteiger partial charge in [-0.05, 0) is 64.8 Å². The molecule has 28 heavy (non-hydrogen) atoms. The second-order valence-electron chi connectivity index (χ2n) is 5.50. The van der Waals surface area contributed by atoms with Gasteiger partial charge in [0.1, 0.15) is 18.2 Å². The van der Waals surface area contributed by atoms with Crippen LogP contribution in [-0.4, -0.2) is 19.1 Å². The Bertz CT molecular complexity index is 951. The van der Waals surface area contributed by atoms with Gasteiger partial charge in [0, 0.05) is 10.7 Å². The van der Waals surface area contributed by atoms with Crippen LogP contribution in [0, 0.1) is 11.3 Å². The molecule has 0 unspecified atom stereocenters. The number of ether oxygens (including phenoxy) is 2. The fourth-order valence-corrected chi connectivity index (χ4v) is 3.06. The minimum absolute atomic E-state index is 0.0610. The van der Waals surface area contributed by atoms with Crippen molar-refractivity contribution in [2.24, 2.45) is 0 Å². The second kappa shape index (κ2) is 10.5. The van der Waals surface area contributed by atoms with Crippen LogP contribution in [-0.2, 0) is 4.79 Å². The molecule has 144 valence electrons. The summed E-state index contributed by atoms with van der Waals surface area (Å²) in [5, 5.41) is 12.6. The summed E-state index contributed by atoms with van der Waals surface area (Å²) >= 11 is 9.36. The molecular formula is C21H18BrClN2O3. The van der Waals surface area contributed by atoms with Gasteiger partial charge in [0.05, 0.1) is 11.1 Å². The number of nitrogens with one attached hydrogen (secondary N) is 1. The van der Waals surface area contributed by atoms with Crippen molar-refractivity contribution in [3.8, 4) is 17.6 Å². The fraction of sp³-hybridized carbons (Fsp3) is 0.143. The average Bonchev–Trinajstić information content (AvgIpc) is 2.65. The highest BCUT2D eigenvalue weighted by Crippen LogP contribution is 2.37. The highest BCUT2D eigenvalue weighted by atomic mass is 79.9. The van der Waals surface area contributed by atoms with Crippen molar-refractivity contribution in [2.45, 2.75) is 6.92 Å². The summed E-state index contributed by atoms with van der Waals surface area (Å²) in [6.45, 7) is 6.24. The molecule has 0 aliphatic rings. The number of amides is 1. The molecule has 0 fully saturated rings. The van der Waals surface area contributed by atoms with Crippen molar-refractivity contribution >= 4 is 45.2 Å². The zero-order valence-electron chi connectivity index (χ0n) is 15.2. The van der Waals surface area contributed by atoms with Crippen LogP contribution in [0.5, 0.6) is 11.5 Å². The van der Waals surface area contributed by atoms with Gasteiger partial charge in [-0.15, -0.1) is 0 Å². The summed E-state index contributed by atoms with van der Waals surface area (Å²) in [6.07, 6.45) is 3.11. The molecule has 0 atom stereocenters. The van der Waals surface area contributed by atoms with E-state index in [4.69, 9.17) is 21.1 Å². The fourth-order valence-electron chi connectivity index (χ4n) is 2.30. The largest absolute Gasteiger partial charge is 0.490 e. The Kier molecular flexibility index (Phi) is 8.12. The van der Waals surface area contributed by atoms with E-state index in [2.05, 4.69) is 27.8 Å². The number of carbonyl (C=O) groups is 1. The number of carbonyl (C=O) groups excluding carboxylic acids is 1. The minimum atomic E-state index is -0.536. The third-order valence-electron chi connectivity index (χ3n) is 3.44. The van der Waals surface area contributed by atoms with Crippen LogP contribution in [0.1, 0.15) is 12.5 Å². The van der Waals surface area contributed by atoms with E-state index < -0.39 is 5.91 Å². The van der Waals surface area contributed by atoms with Gasteiger partial charge in [-0.2, -0.15) is 5.26 Å². The van der Waals surface area contributed by atoms with Crippen LogP contribution in [0.3, 0.4) is 0 Å². The molecule has 1 N–H and O–H groups in total. The zero-order valence-corrected chi connectivity index (χ0v) is 17.5. The van der Waals surface area contributed by atoms with Gasteiger partial charge >= 0.3 is 0 Å². The maximum Gasteiger partial charge on any atom is 0.266 e. The first kappa shape index (κ1) is 21.5. The van der Waals surface area contributed by atoms with Crippen LogP contribution in [0.25, 0.3) is 6.08 Å². The Morgan fingerprint density at radius 2 is 2.14 bits per heavy atom. The Labute approximate surface area is 177 Å². The Balaban J connectivity index is 2.33. The first-order chi connectivity index (χ1) is 13.5. The molecule has 1 amide bonds. The van der Waals surface area contributed by atoms with Gasteiger partial charge in [-0.25, -0.2) is 0 Å². The number of hydrogen-bond acceptors (Lipinski definition) is 4. The number of halogens is 2. The summed E-state index contributed by atoms with van der Waals surface area (Å²) in [5.74, 6) is 0.490. The molecule has 0 aliphatic carbocycles. The summed E-state index contributed by atoms with van der Waals surface area (Å²) in [5.41, 5.74) is 1.05. The van der Waals surface area contributed by atoms with E-state index in [9.17, 15) is 10.1 Å². The quantitative estimate of drug-likeness (QED) is 0.315. The van der Waals surface area contributed by atoms with Crippen molar-refractivity contribution in [1.82, 2.24) is 0 Å². The molecule has 0 aliphatic heterocycles. The van der Waals surface area contributed by atoms with Crippen LogP contribution < -0.4 is 14.8 Å². The lowest BCUT2D eigenvalue weighted by Crippen LogP contribution is -2.13. The summed E-state index contributed by atoms with van der Waals surface area (Å²) in [7, 11) is 0. The van der Waals surface area contributed by atoms with E-state index in [1.165, 1.54) is 6.08 Å². The SMILES string of the molecule is C=CCOc1c(Br)cc(/C=C(\C#N)C(=O)Nc2cccc(Cl)c2)cc1OCC. The third-order valence-corrected chi connectivity index (χ3v) is 4.26. The lowest BCUT2D eigenvalue weighted by atomic mass is 10.1. The summed E-state index contributed by atoms with van der Waals surface area (Å²) in [6, 6.07) is 12.1. The zero-order chi connectivity index (χ0) is 20.5. The number of rotatable bonds is 8. The molecular weight excluding hydrogens is 444 g/mol. The van der Waals surface area contributed by atoms with Crippen LogP contribution in [0.4, 0.5) is 5.69 Å². The van der Waals surface area contributed by atoms with Gasteiger partial charge in [0.25, 0.3) is 5.91 Å². The molecule has 0 radical (unpaired) electrons. The maximum atomic E-state index is 12.4. The van der Waals surface area contributed by atoms with Crippen LogP contribution in [0.2, 0.25) is 5.02 Å². The first-order valence-electron chi connectivity index (χ1n) is 8.37. The Hall–Kier alpha value is -2.75. The standard InChI is InChI=1S/C21H18BrClN2O3/c1-3-8-28-20-18(22)10-14(11-19(20)27-4-2)9-15(13-24)21(26)25-17-7-5-6-16(23)12-17/h3,5-7,9-12H,1,4,8H2,2H3,(H,25,26)/b15-9+.